The van der Waals surface area contributed by atoms with Gasteiger partial charge in [-0.25, -0.2) is 0 Å². The predicted molar refractivity (Wildman–Crippen MR) is 152 cm³/mol. The third-order valence-electron chi connectivity index (χ3n) is 6.79. The summed E-state index contributed by atoms with van der Waals surface area (Å²) < 4.78 is 4.03. The standard InChI is InChI=1S/C28H34N6O3S/c1-16-13-17(2)15-21(14-16)34(28(37)25-22(29)23(26(30)35)32-38-25)24(27(36)31-19-7-5-6-8-19)18-9-11-20(12-10-18)33(3)4/h9-15,19,24H,5-8,29H2,1-4H3,(H2,30,35)(H,31,36). The summed E-state index contributed by atoms with van der Waals surface area (Å²) >= 11 is 0.802. The van der Waals surface area contributed by atoms with Crippen LogP contribution in [0.4, 0.5) is 17.1 Å². The molecule has 1 atom stereocenters. The van der Waals surface area contributed by atoms with E-state index >= 15 is 0 Å². The molecule has 0 bridgehead atoms. The number of primary amides is 1. The first-order chi connectivity index (χ1) is 18.1. The number of nitrogen functional groups attached to an aromatic ring is 1. The average molecular weight is 535 g/mol. The van der Waals surface area contributed by atoms with E-state index in [1.807, 2.05) is 75.3 Å². The molecule has 5 N–H and O–H groups in total. The van der Waals surface area contributed by atoms with E-state index < -0.39 is 17.9 Å². The van der Waals surface area contributed by atoms with Crippen LogP contribution in [0.2, 0.25) is 0 Å². The highest BCUT2D eigenvalue weighted by Crippen LogP contribution is 2.35. The molecule has 1 saturated carbocycles. The third kappa shape index (κ3) is 5.65. The van der Waals surface area contributed by atoms with Crippen molar-refractivity contribution in [2.24, 2.45) is 5.73 Å². The van der Waals surface area contributed by atoms with Crippen molar-refractivity contribution in [1.29, 1.82) is 0 Å². The molecule has 3 amide bonds. The summed E-state index contributed by atoms with van der Waals surface area (Å²) in [6, 6.07) is 12.4. The van der Waals surface area contributed by atoms with Gasteiger partial charge in [-0.05, 0) is 79.2 Å². The Morgan fingerprint density at radius 3 is 2.13 bits per heavy atom. The van der Waals surface area contributed by atoms with Gasteiger partial charge in [0.05, 0.1) is 5.69 Å². The summed E-state index contributed by atoms with van der Waals surface area (Å²) in [4.78, 5) is 43.5. The van der Waals surface area contributed by atoms with E-state index in [0.717, 1.165) is 54.0 Å². The Kier molecular flexibility index (Phi) is 8.01. The van der Waals surface area contributed by atoms with Gasteiger partial charge in [-0.2, -0.15) is 4.37 Å². The lowest BCUT2D eigenvalue weighted by atomic mass is 10.00. The Morgan fingerprint density at radius 2 is 1.61 bits per heavy atom. The molecule has 0 aliphatic heterocycles. The predicted octanol–water partition coefficient (Wildman–Crippen LogP) is 3.95. The molecule has 9 nitrogen and oxygen atoms in total. The van der Waals surface area contributed by atoms with Gasteiger partial charge in [0, 0.05) is 31.5 Å². The molecule has 1 aromatic heterocycles. The van der Waals surface area contributed by atoms with Gasteiger partial charge >= 0.3 is 0 Å². The van der Waals surface area contributed by atoms with Crippen LogP contribution in [0.15, 0.2) is 42.5 Å². The maximum absolute atomic E-state index is 14.2. The van der Waals surface area contributed by atoms with Crippen LogP contribution in [-0.4, -0.2) is 42.2 Å². The normalized spacial score (nSPS) is 14.2. The monoisotopic (exact) mass is 534 g/mol. The summed E-state index contributed by atoms with van der Waals surface area (Å²) in [5, 5.41) is 3.18. The van der Waals surface area contributed by atoms with E-state index in [9.17, 15) is 14.4 Å². The number of carbonyl (C=O) groups is 3. The number of nitrogens with two attached hydrogens (primary N) is 2. The van der Waals surface area contributed by atoms with Crippen molar-refractivity contribution in [2.75, 3.05) is 29.6 Å². The van der Waals surface area contributed by atoms with Crippen LogP contribution in [0, 0.1) is 13.8 Å². The zero-order valence-corrected chi connectivity index (χ0v) is 23.0. The second kappa shape index (κ2) is 11.2. The van der Waals surface area contributed by atoms with Crippen molar-refractivity contribution in [3.05, 3.63) is 69.7 Å². The number of carbonyl (C=O) groups excluding carboxylic acids is 3. The Morgan fingerprint density at radius 1 is 1.00 bits per heavy atom. The number of anilines is 3. The van der Waals surface area contributed by atoms with Crippen molar-refractivity contribution in [2.45, 2.75) is 51.6 Å². The topological polar surface area (TPSA) is 135 Å². The minimum Gasteiger partial charge on any atom is -0.395 e. The molecule has 200 valence electrons. The molecular weight excluding hydrogens is 500 g/mol. The van der Waals surface area contributed by atoms with Gasteiger partial charge in [-0.3, -0.25) is 19.3 Å². The van der Waals surface area contributed by atoms with Crippen molar-refractivity contribution in [1.82, 2.24) is 9.69 Å². The number of hydrogen-bond donors (Lipinski definition) is 3. The molecule has 0 spiro atoms. The van der Waals surface area contributed by atoms with E-state index in [1.54, 1.807) is 0 Å². The van der Waals surface area contributed by atoms with Gasteiger partial charge in [0.1, 0.15) is 10.9 Å². The van der Waals surface area contributed by atoms with Crippen LogP contribution in [0.5, 0.6) is 0 Å². The SMILES string of the molecule is Cc1cc(C)cc(N(C(=O)c2snc(C(N)=O)c2N)C(C(=O)NC2CCCC2)c2ccc(N(C)C)cc2)c1. The van der Waals surface area contributed by atoms with Crippen LogP contribution in [0.25, 0.3) is 0 Å². The summed E-state index contributed by atoms with van der Waals surface area (Å²) in [6.45, 7) is 3.87. The fourth-order valence-electron chi connectivity index (χ4n) is 4.93. The molecule has 10 heteroatoms. The Hall–Kier alpha value is -3.92. The molecule has 3 aromatic rings. The summed E-state index contributed by atoms with van der Waals surface area (Å²) in [5.41, 5.74) is 15.4. The van der Waals surface area contributed by atoms with E-state index in [-0.39, 0.29) is 28.2 Å². The van der Waals surface area contributed by atoms with Gasteiger partial charge in [0.15, 0.2) is 5.69 Å². The number of hydrogen-bond acceptors (Lipinski definition) is 7. The number of nitrogens with one attached hydrogen (secondary N) is 1. The molecule has 1 aliphatic carbocycles. The molecule has 38 heavy (non-hydrogen) atoms. The fraction of sp³-hybridized carbons (Fsp3) is 0.357. The molecule has 0 saturated heterocycles. The highest BCUT2D eigenvalue weighted by Gasteiger charge is 2.37. The zero-order valence-electron chi connectivity index (χ0n) is 22.2. The minimum absolute atomic E-state index is 0.0529. The van der Waals surface area contributed by atoms with Gasteiger partial charge in [0.2, 0.25) is 5.91 Å². The lowest BCUT2D eigenvalue weighted by Crippen LogP contribution is -2.46. The fourth-order valence-corrected chi connectivity index (χ4v) is 5.68. The maximum Gasteiger partial charge on any atom is 0.273 e. The van der Waals surface area contributed by atoms with Crippen LogP contribution in [0.1, 0.15) is 68.6 Å². The lowest BCUT2D eigenvalue weighted by molar-refractivity contribution is -0.123. The van der Waals surface area contributed by atoms with Crippen molar-refractivity contribution >= 4 is 46.3 Å². The Bertz CT molecular complexity index is 1320. The third-order valence-corrected chi connectivity index (χ3v) is 7.64. The van der Waals surface area contributed by atoms with E-state index in [1.165, 1.54) is 4.90 Å². The highest BCUT2D eigenvalue weighted by molar-refractivity contribution is 7.09. The summed E-state index contributed by atoms with van der Waals surface area (Å²) in [7, 11) is 3.88. The molecule has 2 aromatic carbocycles. The molecule has 1 aliphatic rings. The van der Waals surface area contributed by atoms with Crippen molar-refractivity contribution in [3.8, 4) is 0 Å². The smallest absolute Gasteiger partial charge is 0.273 e. The Labute approximate surface area is 227 Å². The van der Waals surface area contributed by atoms with Crippen LogP contribution in [0.3, 0.4) is 0 Å². The molecule has 1 fully saturated rings. The van der Waals surface area contributed by atoms with E-state index in [0.29, 0.717) is 11.3 Å². The number of aryl methyl sites for hydroxylation is 2. The van der Waals surface area contributed by atoms with E-state index in [2.05, 4.69) is 9.69 Å². The van der Waals surface area contributed by atoms with Crippen LogP contribution < -0.4 is 26.6 Å². The van der Waals surface area contributed by atoms with Gasteiger partial charge in [0.25, 0.3) is 11.8 Å². The highest BCUT2D eigenvalue weighted by atomic mass is 32.1. The van der Waals surface area contributed by atoms with Gasteiger partial charge < -0.3 is 21.7 Å². The molecule has 4 rings (SSSR count). The quantitative estimate of drug-likeness (QED) is 0.401. The zero-order chi connectivity index (χ0) is 27.6. The minimum atomic E-state index is -0.987. The largest absolute Gasteiger partial charge is 0.395 e. The molecule has 1 heterocycles. The molecule has 0 radical (unpaired) electrons. The maximum atomic E-state index is 14.2. The van der Waals surface area contributed by atoms with Gasteiger partial charge in [-0.15, -0.1) is 0 Å². The van der Waals surface area contributed by atoms with Crippen molar-refractivity contribution < 1.29 is 14.4 Å². The lowest BCUT2D eigenvalue weighted by Gasteiger charge is -2.33. The first kappa shape index (κ1) is 27.1. The first-order valence-electron chi connectivity index (χ1n) is 12.6. The second-order valence-corrected chi connectivity index (χ2v) is 10.8. The first-order valence-corrected chi connectivity index (χ1v) is 13.4. The molecule has 1 unspecified atom stereocenters. The number of aromatic nitrogens is 1. The average Bonchev–Trinajstić information content (AvgIpc) is 3.51. The number of nitrogens with zero attached hydrogens (tertiary/aromatic N) is 3. The number of amides is 3. The van der Waals surface area contributed by atoms with Crippen LogP contribution >= 0.6 is 11.5 Å². The second-order valence-electron chi connectivity index (χ2n) is 10.0. The number of rotatable bonds is 8. The van der Waals surface area contributed by atoms with Gasteiger partial charge in [-0.1, -0.05) is 31.0 Å². The molecular formula is C28H34N6O3S. The number of benzene rings is 2. The Balaban J connectivity index is 1.88. The summed E-state index contributed by atoms with van der Waals surface area (Å²) in [6.07, 6.45) is 3.92. The summed E-state index contributed by atoms with van der Waals surface area (Å²) in [5.74, 6) is -1.62. The van der Waals surface area contributed by atoms with Crippen molar-refractivity contribution in [3.63, 3.8) is 0 Å². The van der Waals surface area contributed by atoms with Crippen LogP contribution in [-0.2, 0) is 4.79 Å². The van der Waals surface area contributed by atoms with E-state index in [4.69, 9.17) is 11.5 Å².